The van der Waals surface area contributed by atoms with Gasteiger partial charge < -0.3 is 15.6 Å². The number of carboxylic acids is 1. The van der Waals surface area contributed by atoms with Crippen molar-refractivity contribution in [3.63, 3.8) is 0 Å². The number of aliphatic carboxylic acids is 1. The molecule has 5 heteroatoms. The van der Waals surface area contributed by atoms with Gasteiger partial charge in [-0.1, -0.05) is 0 Å². The van der Waals surface area contributed by atoms with E-state index in [1.54, 1.807) is 11.9 Å². The van der Waals surface area contributed by atoms with E-state index in [1.165, 1.54) is 0 Å². The van der Waals surface area contributed by atoms with Gasteiger partial charge in [0.15, 0.2) is 0 Å². The Bertz CT molecular complexity index is 173. The molecular formula is C9H20N2O3. The molecular weight excluding hydrogens is 184 g/mol. The van der Waals surface area contributed by atoms with Crippen LogP contribution in [0.3, 0.4) is 0 Å². The Hall–Kier alpha value is -0.650. The number of carboxylic acid groups (broad SMARTS) is 1. The first-order valence-corrected chi connectivity index (χ1v) is 4.73. The average molecular weight is 204 g/mol. The van der Waals surface area contributed by atoms with Crippen LogP contribution in [0.15, 0.2) is 0 Å². The number of hydrogen-bond donors (Lipinski definition) is 2. The van der Waals surface area contributed by atoms with Crippen molar-refractivity contribution < 1.29 is 14.6 Å². The lowest BCUT2D eigenvalue weighted by molar-refractivity contribution is -0.142. The fourth-order valence-corrected chi connectivity index (χ4v) is 1.06. The third-order valence-corrected chi connectivity index (χ3v) is 1.94. The smallest absolute Gasteiger partial charge is 0.322 e. The van der Waals surface area contributed by atoms with Crippen molar-refractivity contribution in [2.24, 2.45) is 5.73 Å². The molecule has 0 saturated heterocycles. The first kappa shape index (κ1) is 13.4. The van der Waals surface area contributed by atoms with Crippen LogP contribution in [-0.4, -0.2) is 54.9 Å². The van der Waals surface area contributed by atoms with Gasteiger partial charge in [0, 0.05) is 13.1 Å². The lowest BCUT2D eigenvalue weighted by Crippen LogP contribution is -2.45. The summed E-state index contributed by atoms with van der Waals surface area (Å²) in [6, 6.07) is -0.620. The molecule has 0 aliphatic carbocycles. The highest BCUT2D eigenvalue weighted by atomic mass is 16.5. The molecule has 0 heterocycles. The van der Waals surface area contributed by atoms with Gasteiger partial charge in [-0.05, 0) is 20.9 Å². The normalized spacial score (nSPS) is 13.6. The number of nitrogens with zero attached hydrogens (tertiary/aromatic N) is 1. The van der Waals surface area contributed by atoms with E-state index in [2.05, 4.69) is 0 Å². The largest absolute Gasteiger partial charge is 0.480 e. The summed E-state index contributed by atoms with van der Waals surface area (Å²) in [6.45, 7) is 5.10. The summed E-state index contributed by atoms with van der Waals surface area (Å²) < 4.78 is 5.31. The van der Waals surface area contributed by atoms with Gasteiger partial charge in [0.05, 0.1) is 12.7 Å². The van der Waals surface area contributed by atoms with Crippen molar-refractivity contribution in [2.75, 3.05) is 26.7 Å². The molecule has 0 bridgehead atoms. The predicted molar refractivity (Wildman–Crippen MR) is 54.2 cm³/mol. The molecule has 1 unspecified atom stereocenters. The van der Waals surface area contributed by atoms with Crippen LogP contribution in [0.2, 0.25) is 0 Å². The summed E-state index contributed by atoms with van der Waals surface area (Å²) in [6.07, 6.45) is 0.171. The standard InChI is InChI=1S/C9H20N2O3/c1-7(2)14-5-4-11(3)8(6-10)9(12)13/h7-8H,4-6,10H2,1-3H3,(H,12,13). The van der Waals surface area contributed by atoms with Crippen LogP contribution in [0.5, 0.6) is 0 Å². The minimum absolute atomic E-state index is 0.119. The van der Waals surface area contributed by atoms with E-state index < -0.39 is 12.0 Å². The molecule has 14 heavy (non-hydrogen) atoms. The second kappa shape index (κ2) is 6.75. The number of carbonyl (C=O) groups is 1. The number of likely N-dealkylation sites (N-methyl/N-ethyl adjacent to an activating group) is 1. The molecule has 3 N–H and O–H groups in total. The lowest BCUT2D eigenvalue weighted by atomic mass is 10.2. The molecule has 1 atom stereocenters. The van der Waals surface area contributed by atoms with Crippen molar-refractivity contribution in [2.45, 2.75) is 26.0 Å². The molecule has 0 spiro atoms. The van der Waals surface area contributed by atoms with Gasteiger partial charge in [-0.25, -0.2) is 0 Å². The third-order valence-electron chi connectivity index (χ3n) is 1.94. The van der Waals surface area contributed by atoms with E-state index in [0.29, 0.717) is 13.2 Å². The molecule has 84 valence electrons. The van der Waals surface area contributed by atoms with Crippen molar-refractivity contribution in [3.05, 3.63) is 0 Å². The Morgan fingerprint density at radius 3 is 2.50 bits per heavy atom. The zero-order valence-corrected chi connectivity index (χ0v) is 9.06. The van der Waals surface area contributed by atoms with E-state index in [1.807, 2.05) is 13.8 Å². The summed E-state index contributed by atoms with van der Waals surface area (Å²) in [7, 11) is 1.73. The molecule has 0 fully saturated rings. The molecule has 0 saturated carbocycles. The van der Waals surface area contributed by atoms with Gasteiger partial charge >= 0.3 is 5.97 Å². The summed E-state index contributed by atoms with van der Waals surface area (Å²) in [5.41, 5.74) is 5.34. The van der Waals surface area contributed by atoms with Crippen molar-refractivity contribution in [1.82, 2.24) is 4.90 Å². The number of nitrogens with two attached hydrogens (primary N) is 1. The molecule has 0 radical (unpaired) electrons. The summed E-state index contributed by atoms with van der Waals surface area (Å²) in [5, 5.41) is 8.79. The van der Waals surface area contributed by atoms with Crippen LogP contribution in [0.25, 0.3) is 0 Å². The highest BCUT2D eigenvalue weighted by Gasteiger charge is 2.20. The van der Waals surface area contributed by atoms with Crippen LogP contribution in [0, 0.1) is 0 Å². The highest BCUT2D eigenvalue weighted by molar-refractivity contribution is 5.73. The Morgan fingerprint density at radius 1 is 1.57 bits per heavy atom. The van der Waals surface area contributed by atoms with Crippen LogP contribution in [0.4, 0.5) is 0 Å². The molecule has 0 aliphatic rings. The lowest BCUT2D eigenvalue weighted by Gasteiger charge is -2.23. The third kappa shape index (κ3) is 5.16. The molecule has 0 aromatic heterocycles. The molecule has 0 rings (SSSR count). The van der Waals surface area contributed by atoms with E-state index >= 15 is 0 Å². The Morgan fingerprint density at radius 2 is 2.14 bits per heavy atom. The van der Waals surface area contributed by atoms with Crippen molar-refractivity contribution in [3.8, 4) is 0 Å². The second-order valence-electron chi connectivity index (χ2n) is 3.49. The van der Waals surface area contributed by atoms with Gasteiger partial charge in [0.25, 0.3) is 0 Å². The first-order valence-electron chi connectivity index (χ1n) is 4.73. The number of hydrogen-bond acceptors (Lipinski definition) is 4. The van der Waals surface area contributed by atoms with Crippen LogP contribution in [-0.2, 0) is 9.53 Å². The topological polar surface area (TPSA) is 75.8 Å². The van der Waals surface area contributed by atoms with Gasteiger partial charge in [-0.2, -0.15) is 0 Å². The Kier molecular flexibility index (Phi) is 6.44. The van der Waals surface area contributed by atoms with Crippen molar-refractivity contribution in [1.29, 1.82) is 0 Å². The monoisotopic (exact) mass is 204 g/mol. The first-order chi connectivity index (χ1) is 6.49. The molecule has 0 aromatic rings. The second-order valence-corrected chi connectivity index (χ2v) is 3.49. The van der Waals surface area contributed by atoms with Crippen LogP contribution < -0.4 is 5.73 Å². The maximum absolute atomic E-state index is 10.7. The fourth-order valence-electron chi connectivity index (χ4n) is 1.06. The van der Waals surface area contributed by atoms with Crippen molar-refractivity contribution >= 4 is 5.97 Å². The van der Waals surface area contributed by atoms with E-state index in [-0.39, 0.29) is 12.6 Å². The molecule has 0 aromatic carbocycles. The maximum Gasteiger partial charge on any atom is 0.322 e. The van der Waals surface area contributed by atoms with E-state index in [9.17, 15) is 4.79 Å². The summed E-state index contributed by atoms with van der Waals surface area (Å²) in [4.78, 5) is 12.4. The SMILES string of the molecule is CC(C)OCCN(C)C(CN)C(=O)O. The average Bonchev–Trinajstić information content (AvgIpc) is 2.03. The van der Waals surface area contributed by atoms with E-state index in [0.717, 1.165) is 0 Å². The van der Waals surface area contributed by atoms with E-state index in [4.69, 9.17) is 15.6 Å². The van der Waals surface area contributed by atoms with Gasteiger partial charge in [-0.15, -0.1) is 0 Å². The number of rotatable bonds is 7. The van der Waals surface area contributed by atoms with Gasteiger partial charge in [-0.3, -0.25) is 9.69 Å². The molecule has 5 nitrogen and oxygen atoms in total. The summed E-state index contributed by atoms with van der Waals surface area (Å²) in [5.74, 6) is -0.889. The Labute approximate surface area is 84.8 Å². The minimum Gasteiger partial charge on any atom is -0.480 e. The molecule has 0 aliphatic heterocycles. The molecule has 0 amide bonds. The van der Waals surface area contributed by atoms with Crippen LogP contribution in [0.1, 0.15) is 13.8 Å². The van der Waals surface area contributed by atoms with Gasteiger partial charge in [0.1, 0.15) is 6.04 Å². The quantitative estimate of drug-likeness (QED) is 0.598. The minimum atomic E-state index is -0.889. The predicted octanol–water partition coefficient (Wildman–Crippen LogP) is -0.245. The fraction of sp³-hybridized carbons (Fsp3) is 0.889. The van der Waals surface area contributed by atoms with Crippen LogP contribution >= 0.6 is 0 Å². The zero-order valence-electron chi connectivity index (χ0n) is 9.06. The highest BCUT2D eigenvalue weighted by Crippen LogP contribution is 1.96. The zero-order chi connectivity index (χ0) is 11.1. The maximum atomic E-state index is 10.7. The van der Waals surface area contributed by atoms with Gasteiger partial charge in [0.2, 0.25) is 0 Å². The Balaban J connectivity index is 3.81. The number of ether oxygens (including phenoxy) is 1. The summed E-state index contributed by atoms with van der Waals surface area (Å²) >= 11 is 0.